The molecule has 2 aromatic rings. The quantitative estimate of drug-likeness (QED) is 0.836. The summed E-state index contributed by atoms with van der Waals surface area (Å²) in [6.07, 6.45) is 3.70. The second-order valence-electron chi connectivity index (χ2n) is 5.98. The Labute approximate surface area is 127 Å². The van der Waals surface area contributed by atoms with Gasteiger partial charge in [0.05, 0.1) is 12.4 Å². The SMILES string of the molecule is CC(C)CNCc1ccccc1Oc1cnn(C(C)C)c1. The highest BCUT2D eigenvalue weighted by molar-refractivity contribution is 5.36. The van der Waals surface area contributed by atoms with Gasteiger partial charge in [-0.1, -0.05) is 32.0 Å². The zero-order valence-corrected chi connectivity index (χ0v) is 13.3. The number of hydrogen-bond donors (Lipinski definition) is 1. The van der Waals surface area contributed by atoms with Crippen LogP contribution >= 0.6 is 0 Å². The van der Waals surface area contributed by atoms with E-state index in [0.717, 1.165) is 30.2 Å². The number of benzene rings is 1. The molecule has 0 amide bonds. The Bertz CT molecular complexity index is 561. The molecule has 0 aliphatic heterocycles. The molecule has 0 atom stereocenters. The van der Waals surface area contributed by atoms with Gasteiger partial charge in [-0.05, 0) is 32.4 Å². The Morgan fingerprint density at radius 1 is 1.19 bits per heavy atom. The zero-order valence-electron chi connectivity index (χ0n) is 13.3. The molecular formula is C17H25N3O. The fraction of sp³-hybridized carbons (Fsp3) is 0.471. The molecule has 21 heavy (non-hydrogen) atoms. The molecule has 1 aromatic heterocycles. The normalized spacial score (nSPS) is 11.3. The van der Waals surface area contributed by atoms with Crippen LogP contribution in [0.2, 0.25) is 0 Å². The van der Waals surface area contributed by atoms with Crippen molar-refractivity contribution in [3.63, 3.8) is 0 Å². The van der Waals surface area contributed by atoms with Crippen molar-refractivity contribution in [2.75, 3.05) is 6.54 Å². The van der Waals surface area contributed by atoms with Gasteiger partial charge >= 0.3 is 0 Å². The zero-order chi connectivity index (χ0) is 15.2. The number of aromatic nitrogens is 2. The van der Waals surface area contributed by atoms with Crippen LogP contribution in [-0.2, 0) is 6.54 Å². The van der Waals surface area contributed by atoms with Crippen LogP contribution in [0.25, 0.3) is 0 Å². The van der Waals surface area contributed by atoms with Crippen molar-refractivity contribution in [3.8, 4) is 11.5 Å². The summed E-state index contributed by atoms with van der Waals surface area (Å²) in [5.41, 5.74) is 1.16. The van der Waals surface area contributed by atoms with Gasteiger partial charge in [0.2, 0.25) is 0 Å². The molecule has 0 fully saturated rings. The second kappa shape index (κ2) is 7.27. The van der Waals surface area contributed by atoms with Gasteiger partial charge in [0.15, 0.2) is 5.75 Å². The minimum Gasteiger partial charge on any atom is -0.454 e. The smallest absolute Gasteiger partial charge is 0.165 e. The maximum atomic E-state index is 5.97. The van der Waals surface area contributed by atoms with Crippen LogP contribution in [-0.4, -0.2) is 16.3 Å². The summed E-state index contributed by atoms with van der Waals surface area (Å²) in [7, 11) is 0. The Morgan fingerprint density at radius 3 is 2.62 bits per heavy atom. The van der Waals surface area contributed by atoms with Gasteiger partial charge in [0, 0.05) is 18.2 Å². The predicted molar refractivity (Wildman–Crippen MR) is 85.7 cm³/mol. The summed E-state index contributed by atoms with van der Waals surface area (Å²) in [4.78, 5) is 0. The van der Waals surface area contributed by atoms with Gasteiger partial charge in [-0.3, -0.25) is 4.68 Å². The van der Waals surface area contributed by atoms with Crippen molar-refractivity contribution in [2.45, 2.75) is 40.3 Å². The van der Waals surface area contributed by atoms with Gasteiger partial charge in [-0.2, -0.15) is 5.10 Å². The van der Waals surface area contributed by atoms with E-state index in [1.165, 1.54) is 0 Å². The molecule has 1 heterocycles. The number of para-hydroxylation sites is 1. The minimum absolute atomic E-state index is 0.338. The Balaban J connectivity index is 2.04. The van der Waals surface area contributed by atoms with Gasteiger partial charge in [0.25, 0.3) is 0 Å². The summed E-state index contributed by atoms with van der Waals surface area (Å²) < 4.78 is 7.87. The minimum atomic E-state index is 0.338. The molecule has 4 heteroatoms. The molecule has 1 aromatic carbocycles. The van der Waals surface area contributed by atoms with Crippen LogP contribution in [0.15, 0.2) is 36.7 Å². The maximum Gasteiger partial charge on any atom is 0.165 e. The Morgan fingerprint density at radius 2 is 1.95 bits per heavy atom. The van der Waals surface area contributed by atoms with Crippen molar-refractivity contribution in [1.29, 1.82) is 0 Å². The molecule has 2 rings (SSSR count). The molecule has 0 saturated heterocycles. The average Bonchev–Trinajstić information content (AvgIpc) is 2.89. The van der Waals surface area contributed by atoms with Crippen LogP contribution in [0.4, 0.5) is 0 Å². The number of hydrogen-bond acceptors (Lipinski definition) is 3. The summed E-state index contributed by atoms with van der Waals surface area (Å²) in [6.45, 7) is 10.4. The lowest BCUT2D eigenvalue weighted by Crippen LogP contribution is -2.19. The topological polar surface area (TPSA) is 39.1 Å². The van der Waals surface area contributed by atoms with E-state index in [9.17, 15) is 0 Å². The van der Waals surface area contributed by atoms with Crippen LogP contribution in [0.1, 0.15) is 39.3 Å². The molecule has 114 valence electrons. The van der Waals surface area contributed by atoms with E-state index in [0.29, 0.717) is 12.0 Å². The highest BCUT2D eigenvalue weighted by Crippen LogP contribution is 2.25. The van der Waals surface area contributed by atoms with Crippen molar-refractivity contribution >= 4 is 0 Å². The number of nitrogens with zero attached hydrogens (tertiary/aromatic N) is 2. The van der Waals surface area contributed by atoms with Gasteiger partial charge < -0.3 is 10.1 Å². The van der Waals surface area contributed by atoms with Crippen molar-refractivity contribution in [2.24, 2.45) is 5.92 Å². The van der Waals surface area contributed by atoms with E-state index in [2.05, 4.69) is 44.2 Å². The van der Waals surface area contributed by atoms with Crippen LogP contribution in [0.3, 0.4) is 0 Å². The predicted octanol–water partition coefficient (Wildman–Crippen LogP) is 4.00. The highest BCUT2D eigenvalue weighted by atomic mass is 16.5. The summed E-state index contributed by atoms with van der Waals surface area (Å²) in [6, 6.07) is 8.46. The third-order valence-corrected chi connectivity index (χ3v) is 3.18. The Kier molecular flexibility index (Phi) is 5.39. The average molecular weight is 287 g/mol. The van der Waals surface area contributed by atoms with E-state index in [-0.39, 0.29) is 0 Å². The monoisotopic (exact) mass is 287 g/mol. The van der Waals surface area contributed by atoms with Gasteiger partial charge in [-0.25, -0.2) is 0 Å². The third kappa shape index (κ3) is 4.60. The molecule has 0 bridgehead atoms. The molecule has 0 aliphatic carbocycles. The van der Waals surface area contributed by atoms with E-state index in [1.807, 2.05) is 29.1 Å². The Hall–Kier alpha value is -1.81. The largest absolute Gasteiger partial charge is 0.454 e. The first-order valence-corrected chi connectivity index (χ1v) is 7.57. The fourth-order valence-corrected chi connectivity index (χ4v) is 2.03. The number of rotatable bonds is 7. The maximum absolute atomic E-state index is 5.97. The summed E-state index contributed by atoms with van der Waals surface area (Å²) in [5.74, 6) is 2.31. The first kappa shape index (κ1) is 15.6. The fourth-order valence-electron chi connectivity index (χ4n) is 2.03. The van der Waals surface area contributed by atoms with Crippen molar-refractivity contribution in [1.82, 2.24) is 15.1 Å². The second-order valence-corrected chi connectivity index (χ2v) is 5.98. The first-order valence-electron chi connectivity index (χ1n) is 7.57. The van der Waals surface area contributed by atoms with E-state index >= 15 is 0 Å². The van der Waals surface area contributed by atoms with Gasteiger partial charge in [0.1, 0.15) is 5.75 Å². The third-order valence-electron chi connectivity index (χ3n) is 3.18. The number of ether oxygens (including phenoxy) is 1. The molecule has 0 radical (unpaired) electrons. The van der Waals surface area contributed by atoms with E-state index in [4.69, 9.17) is 4.74 Å². The lowest BCUT2D eigenvalue weighted by molar-refractivity contribution is 0.465. The highest BCUT2D eigenvalue weighted by Gasteiger charge is 2.07. The molecule has 0 aliphatic rings. The van der Waals surface area contributed by atoms with Crippen LogP contribution in [0, 0.1) is 5.92 Å². The molecule has 4 nitrogen and oxygen atoms in total. The lowest BCUT2D eigenvalue weighted by atomic mass is 10.2. The van der Waals surface area contributed by atoms with E-state index in [1.54, 1.807) is 6.20 Å². The summed E-state index contributed by atoms with van der Waals surface area (Å²) >= 11 is 0. The van der Waals surface area contributed by atoms with Crippen LogP contribution in [0.5, 0.6) is 11.5 Å². The molecule has 0 saturated carbocycles. The number of nitrogens with one attached hydrogen (secondary N) is 1. The first-order chi connectivity index (χ1) is 10.1. The van der Waals surface area contributed by atoms with Crippen LogP contribution < -0.4 is 10.1 Å². The van der Waals surface area contributed by atoms with Gasteiger partial charge in [-0.15, -0.1) is 0 Å². The molecule has 0 unspecified atom stereocenters. The van der Waals surface area contributed by atoms with Crippen molar-refractivity contribution in [3.05, 3.63) is 42.2 Å². The standard InChI is InChI=1S/C17H25N3O/c1-13(2)9-18-10-15-7-5-6-8-17(15)21-16-11-19-20(12-16)14(3)4/h5-8,11-14,18H,9-10H2,1-4H3. The molecule has 1 N–H and O–H groups in total. The molecule has 0 spiro atoms. The lowest BCUT2D eigenvalue weighted by Gasteiger charge is -2.12. The van der Waals surface area contributed by atoms with Crippen molar-refractivity contribution < 1.29 is 4.74 Å². The van der Waals surface area contributed by atoms with E-state index < -0.39 is 0 Å². The summed E-state index contributed by atoms with van der Waals surface area (Å²) in [5, 5.41) is 7.75. The molecular weight excluding hydrogens is 262 g/mol.